The Morgan fingerprint density at radius 1 is 1.00 bits per heavy atom. The molecule has 1 aromatic carbocycles. The van der Waals surface area contributed by atoms with E-state index in [1.54, 1.807) is 0 Å². The maximum atomic E-state index is 5.49. The van der Waals surface area contributed by atoms with Crippen molar-refractivity contribution in [2.45, 2.75) is 19.3 Å². The summed E-state index contributed by atoms with van der Waals surface area (Å²) in [5, 5.41) is 0. The summed E-state index contributed by atoms with van der Waals surface area (Å²) in [6.07, 6.45) is 6.91. The molecular weight excluding hydrogens is 332 g/mol. The largest absolute Gasteiger partial charge is 0.335 e. The Kier molecular flexibility index (Phi) is 2.89. The molecule has 100 valence electrons. The van der Waals surface area contributed by atoms with Gasteiger partial charge in [0.2, 0.25) is 0 Å². The SMILES string of the molecule is S=C1CCc2cc(-c3cncc(Br)c3)cc3c2N1CC3. The number of nitrogens with zero attached hydrogens (tertiary/aromatic N) is 2. The van der Waals surface area contributed by atoms with E-state index in [4.69, 9.17) is 12.2 Å². The Labute approximate surface area is 132 Å². The molecule has 0 radical (unpaired) electrons. The molecular formula is C16H13BrN2S. The molecule has 0 spiro atoms. The first kappa shape index (κ1) is 12.5. The number of aryl methyl sites for hydroxylation is 1. The van der Waals surface area contributed by atoms with E-state index in [1.165, 1.54) is 27.9 Å². The Morgan fingerprint density at radius 3 is 2.60 bits per heavy atom. The second-order valence-electron chi connectivity index (χ2n) is 5.33. The van der Waals surface area contributed by atoms with Crippen LogP contribution in [0.15, 0.2) is 35.1 Å². The third-order valence-corrected chi connectivity index (χ3v) is 4.95. The Bertz CT molecular complexity index is 726. The highest BCUT2D eigenvalue weighted by atomic mass is 79.9. The van der Waals surface area contributed by atoms with E-state index in [2.05, 4.69) is 44.0 Å². The number of hydrogen-bond donors (Lipinski definition) is 0. The molecule has 0 amide bonds. The van der Waals surface area contributed by atoms with Crippen LogP contribution in [-0.2, 0) is 12.8 Å². The lowest BCUT2D eigenvalue weighted by molar-refractivity contribution is 0.943. The zero-order valence-electron chi connectivity index (χ0n) is 10.9. The number of rotatable bonds is 1. The minimum absolute atomic E-state index is 1.00. The second-order valence-corrected chi connectivity index (χ2v) is 6.72. The van der Waals surface area contributed by atoms with Crippen LogP contribution >= 0.6 is 28.1 Å². The van der Waals surface area contributed by atoms with Gasteiger partial charge in [0.15, 0.2) is 0 Å². The number of halogens is 1. The first-order valence-electron chi connectivity index (χ1n) is 6.79. The van der Waals surface area contributed by atoms with Gasteiger partial charge in [-0.2, -0.15) is 0 Å². The molecule has 0 saturated carbocycles. The number of anilines is 1. The summed E-state index contributed by atoms with van der Waals surface area (Å²) in [5.41, 5.74) is 6.68. The molecule has 2 aliphatic heterocycles. The molecule has 2 aromatic rings. The number of pyridine rings is 1. The van der Waals surface area contributed by atoms with Gasteiger partial charge in [-0.15, -0.1) is 0 Å². The van der Waals surface area contributed by atoms with Crippen LogP contribution in [0.1, 0.15) is 17.5 Å². The third-order valence-electron chi connectivity index (χ3n) is 4.09. The van der Waals surface area contributed by atoms with Crippen LogP contribution < -0.4 is 4.90 Å². The van der Waals surface area contributed by atoms with Gasteiger partial charge in [0.05, 0.1) is 4.99 Å². The fourth-order valence-electron chi connectivity index (χ4n) is 3.19. The van der Waals surface area contributed by atoms with Crippen molar-refractivity contribution in [2.24, 2.45) is 0 Å². The van der Waals surface area contributed by atoms with Crippen molar-refractivity contribution in [3.8, 4) is 11.1 Å². The van der Waals surface area contributed by atoms with E-state index < -0.39 is 0 Å². The standard InChI is InChI=1S/C16H13BrN2S/c17-14-7-13(8-18-9-14)12-5-10-1-2-15(20)19-4-3-11(6-12)16(10)19/h5-9H,1-4H2. The summed E-state index contributed by atoms with van der Waals surface area (Å²) in [6.45, 7) is 1.04. The smallest absolute Gasteiger partial charge is 0.0827 e. The van der Waals surface area contributed by atoms with Crippen LogP contribution in [0.5, 0.6) is 0 Å². The zero-order chi connectivity index (χ0) is 13.7. The van der Waals surface area contributed by atoms with Crippen LogP contribution in [0.25, 0.3) is 11.1 Å². The van der Waals surface area contributed by atoms with E-state index in [0.717, 1.165) is 35.3 Å². The van der Waals surface area contributed by atoms with Gasteiger partial charge in [0.25, 0.3) is 0 Å². The summed E-state index contributed by atoms with van der Waals surface area (Å²) >= 11 is 8.99. The second kappa shape index (κ2) is 4.64. The third kappa shape index (κ3) is 1.90. The highest BCUT2D eigenvalue weighted by Crippen LogP contribution is 2.40. The molecule has 0 saturated heterocycles. The predicted octanol–water partition coefficient (Wildman–Crippen LogP) is 4.15. The number of benzene rings is 1. The summed E-state index contributed by atoms with van der Waals surface area (Å²) in [7, 11) is 0. The average molecular weight is 345 g/mol. The number of hydrogen-bond acceptors (Lipinski definition) is 2. The number of aromatic nitrogens is 1. The lowest BCUT2D eigenvalue weighted by atomic mass is 9.94. The molecule has 0 bridgehead atoms. The maximum absolute atomic E-state index is 5.49. The van der Waals surface area contributed by atoms with Gasteiger partial charge in [-0.1, -0.05) is 12.2 Å². The minimum atomic E-state index is 1.00. The molecule has 1 aromatic heterocycles. The van der Waals surface area contributed by atoms with Crippen LogP contribution in [0, 0.1) is 0 Å². The minimum Gasteiger partial charge on any atom is -0.335 e. The summed E-state index contributed by atoms with van der Waals surface area (Å²) < 4.78 is 1.02. The van der Waals surface area contributed by atoms with E-state index in [-0.39, 0.29) is 0 Å². The average Bonchev–Trinajstić information content (AvgIpc) is 2.88. The van der Waals surface area contributed by atoms with E-state index in [0.29, 0.717) is 0 Å². The van der Waals surface area contributed by atoms with Crippen molar-refractivity contribution in [3.05, 3.63) is 46.2 Å². The maximum Gasteiger partial charge on any atom is 0.0827 e. The van der Waals surface area contributed by atoms with Crippen molar-refractivity contribution >= 4 is 38.8 Å². The fourth-order valence-corrected chi connectivity index (χ4v) is 3.84. The van der Waals surface area contributed by atoms with Gasteiger partial charge in [-0.25, -0.2) is 0 Å². The first-order valence-corrected chi connectivity index (χ1v) is 7.99. The molecule has 3 heterocycles. The molecule has 2 aliphatic rings. The van der Waals surface area contributed by atoms with Gasteiger partial charge in [-0.05, 0) is 63.7 Å². The van der Waals surface area contributed by atoms with E-state index >= 15 is 0 Å². The molecule has 20 heavy (non-hydrogen) atoms. The van der Waals surface area contributed by atoms with Crippen molar-refractivity contribution in [1.29, 1.82) is 0 Å². The predicted molar refractivity (Wildman–Crippen MR) is 89.3 cm³/mol. The summed E-state index contributed by atoms with van der Waals surface area (Å²) in [5.74, 6) is 0. The Hall–Kier alpha value is -1.26. The molecule has 0 unspecified atom stereocenters. The molecule has 0 N–H and O–H groups in total. The Morgan fingerprint density at radius 2 is 1.80 bits per heavy atom. The van der Waals surface area contributed by atoms with Crippen LogP contribution in [0.3, 0.4) is 0 Å². The van der Waals surface area contributed by atoms with Gasteiger partial charge in [-0.3, -0.25) is 4.98 Å². The van der Waals surface area contributed by atoms with Gasteiger partial charge in [0.1, 0.15) is 0 Å². The highest BCUT2D eigenvalue weighted by molar-refractivity contribution is 9.10. The molecule has 4 rings (SSSR count). The van der Waals surface area contributed by atoms with Crippen LogP contribution in [0.4, 0.5) is 5.69 Å². The van der Waals surface area contributed by atoms with Crippen LogP contribution in [-0.4, -0.2) is 16.5 Å². The molecule has 0 atom stereocenters. The zero-order valence-corrected chi connectivity index (χ0v) is 13.3. The highest BCUT2D eigenvalue weighted by Gasteiger charge is 2.29. The van der Waals surface area contributed by atoms with Crippen molar-refractivity contribution in [3.63, 3.8) is 0 Å². The topological polar surface area (TPSA) is 16.1 Å². The lowest BCUT2D eigenvalue weighted by Gasteiger charge is -2.28. The molecule has 2 nitrogen and oxygen atoms in total. The van der Waals surface area contributed by atoms with Crippen molar-refractivity contribution in [1.82, 2.24) is 4.98 Å². The van der Waals surface area contributed by atoms with Gasteiger partial charge < -0.3 is 4.90 Å². The van der Waals surface area contributed by atoms with E-state index in [1.807, 2.05) is 12.4 Å². The van der Waals surface area contributed by atoms with Gasteiger partial charge >= 0.3 is 0 Å². The van der Waals surface area contributed by atoms with Crippen molar-refractivity contribution < 1.29 is 0 Å². The molecule has 0 fully saturated rings. The monoisotopic (exact) mass is 344 g/mol. The summed E-state index contributed by atoms with van der Waals surface area (Å²) in [6, 6.07) is 6.74. The quantitative estimate of drug-likeness (QED) is 0.723. The molecule has 0 aliphatic carbocycles. The lowest BCUT2D eigenvalue weighted by Crippen LogP contribution is -2.31. The van der Waals surface area contributed by atoms with Crippen molar-refractivity contribution in [2.75, 3.05) is 11.4 Å². The van der Waals surface area contributed by atoms with E-state index in [9.17, 15) is 0 Å². The first-order chi connectivity index (χ1) is 9.72. The molecule has 4 heteroatoms. The van der Waals surface area contributed by atoms with Crippen LogP contribution in [0.2, 0.25) is 0 Å². The normalized spacial score (nSPS) is 16.4. The van der Waals surface area contributed by atoms with Gasteiger partial charge in [0, 0.05) is 41.1 Å². The summed E-state index contributed by atoms with van der Waals surface area (Å²) in [4.78, 5) is 7.70. The Balaban J connectivity index is 1.87. The number of thiocarbonyl (C=S) groups is 1. The fraction of sp³-hybridized carbons (Fsp3) is 0.250.